The molecule has 0 bridgehead atoms. The number of nitrogens with zero attached hydrogens (tertiary/aromatic N) is 1. The van der Waals surface area contributed by atoms with E-state index in [0.29, 0.717) is 12.8 Å². The molecule has 0 aromatic carbocycles. The normalized spacial score (nSPS) is 12.9. The fraction of sp³-hybridized carbons (Fsp3) is 0.667. The van der Waals surface area contributed by atoms with E-state index in [1.807, 2.05) is 13.8 Å². The average Bonchev–Trinajstić information content (AvgIpc) is 2.80. The van der Waals surface area contributed by atoms with Crippen LogP contribution in [0.1, 0.15) is 26.7 Å². The van der Waals surface area contributed by atoms with Gasteiger partial charge in [0.2, 0.25) is 10.0 Å². The second-order valence-electron chi connectivity index (χ2n) is 3.69. The molecule has 1 aromatic rings. The first-order chi connectivity index (χ1) is 7.49. The third-order valence-electron chi connectivity index (χ3n) is 2.79. The van der Waals surface area contributed by atoms with Crippen LogP contribution in [0.3, 0.4) is 0 Å². The number of nitrogens with one attached hydrogen (secondary N) is 2. The molecule has 0 aliphatic carbocycles. The number of aromatic amines is 1. The van der Waals surface area contributed by atoms with Gasteiger partial charge in [-0.05, 0) is 12.8 Å². The number of sulfonamides is 1. The zero-order valence-corrected chi connectivity index (χ0v) is 10.2. The highest BCUT2D eigenvalue weighted by Gasteiger charge is 2.31. The van der Waals surface area contributed by atoms with E-state index >= 15 is 0 Å². The lowest BCUT2D eigenvalue weighted by molar-refractivity contribution is 0.172. The predicted octanol–water partition coefficient (Wildman–Crippen LogP) is 0.239. The molecule has 0 unspecified atom stereocenters. The lowest BCUT2D eigenvalue weighted by atomic mass is 9.96. The predicted molar refractivity (Wildman–Crippen MR) is 59.3 cm³/mol. The van der Waals surface area contributed by atoms with E-state index in [1.165, 1.54) is 12.4 Å². The van der Waals surface area contributed by atoms with E-state index < -0.39 is 15.6 Å². The minimum absolute atomic E-state index is 0.0761. The maximum Gasteiger partial charge on any atom is 0.244 e. The van der Waals surface area contributed by atoms with Gasteiger partial charge in [-0.1, -0.05) is 13.8 Å². The maximum absolute atomic E-state index is 11.9. The molecule has 1 rings (SSSR count). The molecule has 92 valence electrons. The molecule has 0 spiro atoms. The minimum Gasteiger partial charge on any atom is -0.394 e. The Balaban J connectivity index is 2.96. The Bertz CT molecular complexity index is 401. The zero-order chi connectivity index (χ0) is 12.2. The lowest BCUT2D eigenvalue weighted by Gasteiger charge is -2.29. The van der Waals surface area contributed by atoms with Gasteiger partial charge in [0, 0.05) is 6.20 Å². The van der Waals surface area contributed by atoms with E-state index in [-0.39, 0.29) is 11.5 Å². The first-order valence-corrected chi connectivity index (χ1v) is 6.61. The molecule has 6 nitrogen and oxygen atoms in total. The molecule has 1 heterocycles. The van der Waals surface area contributed by atoms with Crippen molar-refractivity contribution in [1.29, 1.82) is 0 Å². The molecule has 0 aliphatic heterocycles. The quantitative estimate of drug-likeness (QED) is 0.671. The summed E-state index contributed by atoms with van der Waals surface area (Å²) in [7, 11) is -3.61. The smallest absolute Gasteiger partial charge is 0.244 e. The van der Waals surface area contributed by atoms with Gasteiger partial charge in [-0.2, -0.15) is 5.10 Å². The number of hydrogen-bond acceptors (Lipinski definition) is 4. The molecule has 0 atom stereocenters. The minimum atomic E-state index is -3.61. The largest absolute Gasteiger partial charge is 0.394 e. The van der Waals surface area contributed by atoms with E-state index in [0.717, 1.165) is 0 Å². The van der Waals surface area contributed by atoms with Gasteiger partial charge in [0.1, 0.15) is 4.90 Å². The summed E-state index contributed by atoms with van der Waals surface area (Å²) in [4.78, 5) is 0.0761. The molecule has 0 fully saturated rings. The molecule has 0 saturated heterocycles. The van der Waals surface area contributed by atoms with Crippen LogP contribution in [0.4, 0.5) is 0 Å². The van der Waals surface area contributed by atoms with Crippen LogP contribution in [0.25, 0.3) is 0 Å². The first-order valence-electron chi connectivity index (χ1n) is 5.13. The van der Waals surface area contributed by atoms with E-state index in [1.54, 1.807) is 0 Å². The van der Waals surface area contributed by atoms with Crippen molar-refractivity contribution in [3.63, 3.8) is 0 Å². The third kappa shape index (κ3) is 2.60. The molecule has 0 amide bonds. The van der Waals surface area contributed by atoms with Crippen molar-refractivity contribution in [2.45, 2.75) is 37.1 Å². The van der Waals surface area contributed by atoms with Crippen molar-refractivity contribution >= 4 is 10.0 Å². The Kier molecular flexibility index (Phi) is 4.06. The highest BCUT2D eigenvalue weighted by molar-refractivity contribution is 7.89. The van der Waals surface area contributed by atoms with E-state index in [2.05, 4.69) is 14.9 Å². The van der Waals surface area contributed by atoms with Crippen LogP contribution in [-0.4, -0.2) is 35.9 Å². The van der Waals surface area contributed by atoms with Crippen molar-refractivity contribution in [2.75, 3.05) is 6.61 Å². The van der Waals surface area contributed by atoms with Crippen molar-refractivity contribution < 1.29 is 13.5 Å². The summed E-state index contributed by atoms with van der Waals surface area (Å²) in [5.41, 5.74) is -0.796. The molecular weight excluding hydrogens is 230 g/mol. The Hall–Kier alpha value is -0.920. The summed E-state index contributed by atoms with van der Waals surface area (Å²) in [6.45, 7) is 3.44. The summed E-state index contributed by atoms with van der Waals surface area (Å²) in [6.07, 6.45) is 3.58. The van der Waals surface area contributed by atoms with E-state index in [4.69, 9.17) is 0 Å². The topological polar surface area (TPSA) is 95.1 Å². The van der Waals surface area contributed by atoms with Crippen molar-refractivity contribution in [1.82, 2.24) is 14.9 Å². The van der Waals surface area contributed by atoms with Gasteiger partial charge in [0.05, 0.1) is 18.3 Å². The molecular formula is C9H17N3O3S. The van der Waals surface area contributed by atoms with Gasteiger partial charge < -0.3 is 5.11 Å². The second-order valence-corrected chi connectivity index (χ2v) is 5.37. The number of hydrogen-bond donors (Lipinski definition) is 3. The highest BCUT2D eigenvalue weighted by atomic mass is 32.2. The van der Waals surface area contributed by atoms with Crippen LogP contribution in [0.15, 0.2) is 17.3 Å². The number of aliphatic hydroxyl groups excluding tert-OH is 1. The number of aromatic nitrogens is 2. The molecule has 1 aromatic heterocycles. The van der Waals surface area contributed by atoms with Crippen molar-refractivity contribution in [3.05, 3.63) is 12.4 Å². The van der Waals surface area contributed by atoms with Gasteiger partial charge in [-0.25, -0.2) is 13.1 Å². The van der Waals surface area contributed by atoms with Gasteiger partial charge in [0.15, 0.2) is 0 Å². The van der Waals surface area contributed by atoms with Gasteiger partial charge >= 0.3 is 0 Å². The number of aliphatic hydroxyl groups is 1. The van der Waals surface area contributed by atoms with Crippen LogP contribution in [0.5, 0.6) is 0 Å². The van der Waals surface area contributed by atoms with Crippen LogP contribution in [0, 0.1) is 0 Å². The lowest BCUT2D eigenvalue weighted by Crippen LogP contribution is -2.50. The summed E-state index contributed by atoms with van der Waals surface area (Å²) >= 11 is 0. The first kappa shape index (κ1) is 13.1. The standard InChI is InChI=1S/C9H17N3O3S/c1-3-9(4-2,7-13)12-16(14,15)8-5-10-11-6-8/h5-6,12-13H,3-4,7H2,1-2H3,(H,10,11). The molecule has 16 heavy (non-hydrogen) atoms. The molecule has 7 heteroatoms. The number of H-pyrrole nitrogens is 1. The van der Waals surface area contributed by atoms with E-state index in [9.17, 15) is 13.5 Å². The monoisotopic (exact) mass is 247 g/mol. The Morgan fingerprint density at radius 1 is 1.50 bits per heavy atom. The zero-order valence-electron chi connectivity index (χ0n) is 9.40. The van der Waals surface area contributed by atoms with Gasteiger partial charge in [-0.15, -0.1) is 0 Å². The maximum atomic E-state index is 11.9. The molecule has 0 aliphatic rings. The average molecular weight is 247 g/mol. The summed E-state index contributed by atoms with van der Waals surface area (Å²) in [5, 5.41) is 15.3. The highest BCUT2D eigenvalue weighted by Crippen LogP contribution is 2.18. The molecule has 0 radical (unpaired) electrons. The van der Waals surface area contributed by atoms with Crippen molar-refractivity contribution in [2.24, 2.45) is 0 Å². The van der Waals surface area contributed by atoms with Crippen LogP contribution in [-0.2, 0) is 10.0 Å². The fourth-order valence-corrected chi connectivity index (χ4v) is 2.82. The van der Waals surface area contributed by atoms with Gasteiger partial charge in [0.25, 0.3) is 0 Å². The Morgan fingerprint density at radius 2 is 2.12 bits per heavy atom. The summed E-state index contributed by atoms with van der Waals surface area (Å²) < 4.78 is 26.3. The van der Waals surface area contributed by atoms with Crippen LogP contribution in [0.2, 0.25) is 0 Å². The van der Waals surface area contributed by atoms with Crippen LogP contribution >= 0.6 is 0 Å². The Labute approximate surface area is 95.1 Å². The fourth-order valence-electron chi connectivity index (χ4n) is 1.38. The number of rotatable bonds is 6. The summed E-state index contributed by atoms with van der Waals surface area (Å²) in [5.74, 6) is 0. The molecule has 0 saturated carbocycles. The van der Waals surface area contributed by atoms with Crippen molar-refractivity contribution in [3.8, 4) is 0 Å². The Morgan fingerprint density at radius 3 is 2.50 bits per heavy atom. The third-order valence-corrected chi connectivity index (χ3v) is 4.34. The van der Waals surface area contributed by atoms with Crippen LogP contribution < -0.4 is 4.72 Å². The summed E-state index contributed by atoms with van der Waals surface area (Å²) in [6, 6.07) is 0. The SMILES string of the molecule is CCC(CC)(CO)NS(=O)(=O)c1cn[nH]c1. The van der Waals surface area contributed by atoms with Gasteiger partial charge in [-0.3, -0.25) is 5.10 Å². The second kappa shape index (κ2) is 4.94. The molecule has 3 N–H and O–H groups in total.